The molecule has 1 aliphatic carbocycles. The molecule has 6 nitrogen and oxygen atoms in total. The number of anilines is 1. The summed E-state index contributed by atoms with van der Waals surface area (Å²) in [6.07, 6.45) is 1.32. The number of allylic oxidation sites excluding steroid dienone is 1. The van der Waals surface area contributed by atoms with Crippen molar-refractivity contribution in [2.24, 2.45) is 5.41 Å². The van der Waals surface area contributed by atoms with E-state index in [9.17, 15) is 20.1 Å². The zero-order valence-electron chi connectivity index (χ0n) is 19.3. The molecule has 3 aromatic rings. The summed E-state index contributed by atoms with van der Waals surface area (Å²) in [4.78, 5) is 29.3. The van der Waals surface area contributed by atoms with Crippen LogP contribution < -0.4 is 4.90 Å². The maximum atomic E-state index is 14.6. The minimum Gasteiger partial charge on any atom is -0.466 e. The topological polar surface area (TPSA) is 94.2 Å². The molecule has 176 valence electrons. The minimum absolute atomic E-state index is 0.0904. The van der Waals surface area contributed by atoms with Gasteiger partial charge in [-0.1, -0.05) is 72.3 Å². The normalized spacial score (nSPS) is 21.4. The Labute approximate surface area is 213 Å². The van der Waals surface area contributed by atoms with Crippen molar-refractivity contribution in [1.82, 2.24) is 0 Å². The highest BCUT2D eigenvalue weighted by molar-refractivity contribution is 6.30. The number of rotatable bonds is 4. The third-order valence-electron chi connectivity index (χ3n) is 7.10. The van der Waals surface area contributed by atoms with Gasteiger partial charge in [0.05, 0.1) is 25.8 Å². The highest BCUT2D eigenvalue weighted by atomic mass is 35.5. The van der Waals surface area contributed by atoms with Gasteiger partial charge in [0.15, 0.2) is 5.41 Å². The number of halogens is 1. The van der Waals surface area contributed by atoms with Crippen LogP contribution in [0, 0.1) is 28.1 Å². The number of amides is 1. The predicted molar refractivity (Wildman–Crippen MR) is 134 cm³/mol. The second-order valence-electron chi connectivity index (χ2n) is 8.81. The number of fused-ring (bicyclic) bond motifs is 2. The van der Waals surface area contributed by atoms with Gasteiger partial charge in [0.25, 0.3) is 0 Å². The number of ether oxygens (including phenoxy) is 1. The zero-order chi connectivity index (χ0) is 25.5. The van der Waals surface area contributed by atoms with Crippen LogP contribution >= 0.6 is 11.6 Å². The Morgan fingerprint density at radius 2 is 1.64 bits per heavy atom. The Kier molecular flexibility index (Phi) is 5.63. The van der Waals surface area contributed by atoms with E-state index < -0.39 is 28.6 Å². The van der Waals surface area contributed by atoms with Gasteiger partial charge in [-0.15, -0.1) is 0 Å². The van der Waals surface area contributed by atoms with Crippen molar-refractivity contribution in [1.29, 1.82) is 10.5 Å². The van der Waals surface area contributed by atoms with Gasteiger partial charge in [-0.25, -0.2) is 4.79 Å². The first-order valence-corrected chi connectivity index (χ1v) is 11.7. The van der Waals surface area contributed by atoms with Crippen molar-refractivity contribution in [3.8, 4) is 12.1 Å². The van der Waals surface area contributed by atoms with Gasteiger partial charge in [0.2, 0.25) is 5.91 Å². The van der Waals surface area contributed by atoms with Crippen molar-refractivity contribution in [2.45, 2.75) is 17.9 Å². The molecule has 0 unspecified atom stereocenters. The number of nitriles is 2. The number of methoxy groups -OCH3 is 1. The second-order valence-corrected chi connectivity index (χ2v) is 9.25. The summed E-state index contributed by atoms with van der Waals surface area (Å²) < 4.78 is 5.06. The maximum absolute atomic E-state index is 14.6. The molecule has 0 radical (unpaired) electrons. The van der Waals surface area contributed by atoms with Crippen LogP contribution in [0.2, 0.25) is 5.02 Å². The molecule has 1 amide bonds. The lowest BCUT2D eigenvalue weighted by Crippen LogP contribution is -2.52. The summed E-state index contributed by atoms with van der Waals surface area (Å²) >= 11 is 6.14. The first kappa shape index (κ1) is 23.4. The summed E-state index contributed by atoms with van der Waals surface area (Å²) in [6, 6.07) is 27.6. The number of hydrogen-bond acceptors (Lipinski definition) is 5. The zero-order valence-corrected chi connectivity index (χ0v) is 20.1. The second kappa shape index (κ2) is 8.68. The van der Waals surface area contributed by atoms with Crippen LogP contribution in [0.5, 0.6) is 0 Å². The lowest BCUT2D eigenvalue weighted by atomic mass is 9.57. The summed E-state index contributed by atoms with van der Waals surface area (Å²) in [7, 11) is 1.24. The van der Waals surface area contributed by atoms with Gasteiger partial charge in [0.1, 0.15) is 5.41 Å². The van der Waals surface area contributed by atoms with E-state index in [0.29, 0.717) is 21.8 Å². The molecule has 5 rings (SSSR count). The van der Waals surface area contributed by atoms with Crippen molar-refractivity contribution in [3.63, 3.8) is 0 Å². The molecule has 1 aliphatic heterocycles. The molecule has 0 N–H and O–H groups in total. The van der Waals surface area contributed by atoms with Crippen LogP contribution in [-0.2, 0) is 26.3 Å². The SMILES string of the molecule is COC(=O)C1=CC(C#N)(C#N)[C@]2(C(=O)N(Cc3ccccc3)c3ccccc32)[C@@H]1c1ccc(Cl)cc1. The number of carbonyl (C=O) groups is 2. The number of nitrogens with zero attached hydrogens (tertiary/aromatic N) is 3. The summed E-state index contributed by atoms with van der Waals surface area (Å²) in [5.74, 6) is -2.07. The number of hydrogen-bond donors (Lipinski definition) is 0. The van der Waals surface area contributed by atoms with E-state index in [2.05, 4.69) is 12.1 Å². The Bertz CT molecular complexity index is 1470. The summed E-state index contributed by atoms with van der Waals surface area (Å²) in [5.41, 5.74) is -0.998. The molecule has 7 heteroatoms. The van der Waals surface area contributed by atoms with Gasteiger partial charge in [0, 0.05) is 22.2 Å². The van der Waals surface area contributed by atoms with Gasteiger partial charge in [-0.05, 0) is 41.0 Å². The van der Waals surface area contributed by atoms with Gasteiger partial charge < -0.3 is 9.64 Å². The smallest absolute Gasteiger partial charge is 0.334 e. The third-order valence-corrected chi connectivity index (χ3v) is 7.35. The standard InChI is InChI=1S/C29H20ClN3O3/c1-36-26(34)22-15-28(17-31,18-32)29(25(22)20-11-13-21(30)14-12-20)23-9-5-6-10-24(23)33(27(29)35)16-19-7-3-2-4-8-19/h2-15,25H,16H2,1H3/t25-,29+/m1/s1. The Hall–Kier alpha value is -4.39. The predicted octanol–water partition coefficient (Wildman–Crippen LogP) is 5.05. The highest BCUT2D eigenvalue weighted by Gasteiger charge is 2.72. The van der Waals surface area contributed by atoms with Crippen molar-refractivity contribution >= 4 is 29.2 Å². The summed E-state index contributed by atoms with van der Waals surface area (Å²) in [5, 5.41) is 21.4. The molecule has 1 spiro atoms. The van der Waals surface area contributed by atoms with E-state index in [0.717, 1.165) is 5.56 Å². The van der Waals surface area contributed by atoms with Gasteiger partial charge >= 0.3 is 5.97 Å². The molecule has 1 heterocycles. The van der Waals surface area contributed by atoms with Crippen molar-refractivity contribution in [2.75, 3.05) is 12.0 Å². The fourth-order valence-electron chi connectivity index (χ4n) is 5.60. The van der Waals surface area contributed by atoms with Crippen molar-refractivity contribution < 1.29 is 14.3 Å². The molecule has 0 fully saturated rings. The Morgan fingerprint density at radius 3 is 2.28 bits per heavy atom. The molecular formula is C29H20ClN3O3. The van der Waals surface area contributed by atoms with Crippen LogP contribution in [-0.4, -0.2) is 19.0 Å². The third kappa shape index (κ3) is 3.09. The van der Waals surface area contributed by atoms with E-state index in [4.69, 9.17) is 16.3 Å². The van der Waals surface area contributed by atoms with E-state index in [1.54, 1.807) is 47.4 Å². The molecular weight excluding hydrogens is 474 g/mol. The van der Waals surface area contributed by atoms with Gasteiger partial charge in [-0.3, -0.25) is 4.79 Å². The van der Waals surface area contributed by atoms with E-state index in [1.807, 2.05) is 36.4 Å². The molecule has 2 aliphatic rings. The lowest BCUT2D eigenvalue weighted by molar-refractivity contribution is -0.136. The van der Waals surface area contributed by atoms with E-state index >= 15 is 0 Å². The molecule has 0 saturated heterocycles. The van der Waals surface area contributed by atoms with Gasteiger partial charge in [-0.2, -0.15) is 10.5 Å². The number of esters is 1. The Balaban J connectivity index is 1.83. The average Bonchev–Trinajstić information content (AvgIpc) is 3.36. The van der Waals surface area contributed by atoms with Crippen LogP contribution in [0.1, 0.15) is 22.6 Å². The molecule has 2 atom stereocenters. The fourth-order valence-corrected chi connectivity index (χ4v) is 5.73. The highest BCUT2D eigenvalue weighted by Crippen LogP contribution is 2.65. The van der Waals surface area contributed by atoms with E-state index in [1.165, 1.54) is 13.2 Å². The van der Waals surface area contributed by atoms with Crippen LogP contribution in [0.4, 0.5) is 5.69 Å². The molecule has 0 saturated carbocycles. The monoisotopic (exact) mass is 493 g/mol. The quantitative estimate of drug-likeness (QED) is 0.474. The largest absolute Gasteiger partial charge is 0.466 e. The molecule has 0 aromatic heterocycles. The minimum atomic E-state index is -1.96. The van der Waals surface area contributed by atoms with Crippen LogP contribution in [0.15, 0.2) is 90.5 Å². The van der Waals surface area contributed by atoms with Crippen molar-refractivity contribution in [3.05, 3.63) is 112 Å². The van der Waals surface area contributed by atoms with Crippen LogP contribution in [0.25, 0.3) is 0 Å². The van der Waals surface area contributed by atoms with E-state index in [-0.39, 0.29) is 12.1 Å². The Morgan fingerprint density at radius 1 is 1.00 bits per heavy atom. The first-order valence-electron chi connectivity index (χ1n) is 11.3. The fraction of sp³-hybridized carbons (Fsp3) is 0.172. The first-order chi connectivity index (χ1) is 17.4. The number of carbonyl (C=O) groups excluding carboxylic acids is 2. The average molecular weight is 494 g/mol. The lowest BCUT2D eigenvalue weighted by Gasteiger charge is -2.38. The number of para-hydroxylation sites is 1. The molecule has 36 heavy (non-hydrogen) atoms. The maximum Gasteiger partial charge on any atom is 0.334 e. The molecule has 0 bridgehead atoms. The summed E-state index contributed by atoms with van der Waals surface area (Å²) in [6.45, 7) is 0.242. The van der Waals surface area contributed by atoms with Crippen LogP contribution in [0.3, 0.4) is 0 Å². The number of benzene rings is 3. The molecule has 3 aromatic carbocycles.